The molecule has 0 heterocycles. The molecule has 0 aliphatic heterocycles. The monoisotopic (exact) mass is 238 g/mol. The summed E-state index contributed by atoms with van der Waals surface area (Å²) in [5, 5.41) is 9.20. The molecule has 0 spiro atoms. The third-order valence-corrected chi connectivity index (χ3v) is 2.85. The highest BCUT2D eigenvalue weighted by atomic mass is 16.5. The van der Waals surface area contributed by atoms with Crippen molar-refractivity contribution in [3.8, 4) is 5.75 Å². The third-order valence-electron chi connectivity index (χ3n) is 2.85. The number of aliphatic carboxylic acids is 1. The van der Waals surface area contributed by atoms with Gasteiger partial charge in [-0.2, -0.15) is 0 Å². The Bertz CT molecular complexity index is 412. The van der Waals surface area contributed by atoms with E-state index < -0.39 is 11.9 Å². The molecule has 94 valence electrons. The Kier molecular flexibility index (Phi) is 4.52. The minimum absolute atomic E-state index is 0.133. The molecule has 17 heavy (non-hydrogen) atoms. The molecule has 1 atom stereocenters. The zero-order valence-electron chi connectivity index (χ0n) is 10.6. The van der Waals surface area contributed by atoms with E-state index in [0.29, 0.717) is 11.3 Å². The van der Waals surface area contributed by atoms with E-state index >= 15 is 0 Å². The Labute approximate surface area is 101 Å². The molecule has 4 heteroatoms. The van der Waals surface area contributed by atoms with Crippen LogP contribution in [0, 0.1) is 13.8 Å². The van der Waals surface area contributed by atoms with Gasteiger partial charge in [0.15, 0.2) is 0 Å². The Morgan fingerprint density at radius 2 is 1.88 bits per heavy atom. The molecule has 1 N–H and O–H groups in total. The van der Waals surface area contributed by atoms with Crippen LogP contribution in [0.3, 0.4) is 0 Å². The van der Waals surface area contributed by atoms with E-state index in [-0.39, 0.29) is 6.61 Å². The van der Waals surface area contributed by atoms with Crippen molar-refractivity contribution in [3.05, 3.63) is 28.8 Å². The third kappa shape index (κ3) is 2.97. The van der Waals surface area contributed by atoms with Crippen molar-refractivity contribution in [2.45, 2.75) is 19.8 Å². The molecule has 0 bridgehead atoms. The molecule has 0 aliphatic rings. The van der Waals surface area contributed by atoms with Crippen LogP contribution in [-0.2, 0) is 9.53 Å². The minimum atomic E-state index is -0.909. The van der Waals surface area contributed by atoms with Crippen LogP contribution in [0.1, 0.15) is 22.6 Å². The number of aryl methyl sites for hydroxylation is 2. The van der Waals surface area contributed by atoms with Gasteiger partial charge >= 0.3 is 5.97 Å². The van der Waals surface area contributed by atoms with Gasteiger partial charge in [0.05, 0.1) is 13.7 Å². The molecule has 0 saturated heterocycles. The van der Waals surface area contributed by atoms with Gasteiger partial charge < -0.3 is 14.6 Å². The van der Waals surface area contributed by atoms with Crippen molar-refractivity contribution >= 4 is 5.97 Å². The quantitative estimate of drug-likeness (QED) is 0.853. The molecule has 1 unspecified atom stereocenters. The number of ether oxygens (including phenoxy) is 2. The van der Waals surface area contributed by atoms with Crippen LogP contribution in [-0.4, -0.2) is 31.9 Å². The number of methoxy groups -OCH3 is 2. The topological polar surface area (TPSA) is 55.8 Å². The number of carbonyl (C=O) groups is 1. The summed E-state index contributed by atoms with van der Waals surface area (Å²) in [5.74, 6) is -1.01. The molecule has 1 rings (SSSR count). The van der Waals surface area contributed by atoms with Crippen molar-refractivity contribution in [1.82, 2.24) is 0 Å². The maximum atomic E-state index is 11.2. The molecular weight excluding hydrogens is 220 g/mol. The first-order valence-corrected chi connectivity index (χ1v) is 5.38. The fourth-order valence-corrected chi connectivity index (χ4v) is 1.72. The van der Waals surface area contributed by atoms with Gasteiger partial charge in [0.2, 0.25) is 0 Å². The van der Waals surface area contributed by atoms with Crippen LogP contribution in [0.15, 0.2) is 12.1 Å². The van der Waals surface area contributed by atoms with Crippen LogP contribution in [0.5, 0.6) is 5.75 Å². The van der Waals surface area contributed by atoms with Gasteiger partial charge in [-0.3, -0.25) is 4.79 Å². The van der Waals surface area contributed by atoms with E-state index in [4.69, 9.17) is 9.47 Å². The largest absolute Gasteiger partial charge is 0.496 e. The lowest BCUT2D eigenvalue weighted by Gasteiger charge is -2.17. The van der Waals surface area contributed by atoms with Gasteiger partial charge in [-0.15, -0.1) is 0 Å². The lowest BCUT2D eigenvalue weighted by Crippen LogP contribution is -2.18. The van der Waals surface area contributed by atoms with Gasteiger partial charge in [-0.05, 0) is 31.0 Å². The predicted octanol–water partition coefficient (Wildman–Crippen LogP) is 2.13. The smallest absolute Gasteiger partial charge is 0.313 e. The second-order valence-corrected chi connectivity index (χ2v) is 4.02. The first-order chi connectivity index (χ1) is 8.01. The van der Waals surface area contributed by atoms with Crippen LogP contribution in [0.2, 0.25) is 0 Å². The highest BCUT2D eigenvalue weighted by Gasteiger charge is 2.24. The fourth-order valence-electron chi connectivity index (χ4n) is 1.72. The van der Waals surface area contributed by atoms with Crippen molar-refractivity contribution in [2.24, 2.45) is 0 Å². The molecule has 0 fully saturated rings. The Morgan fingerprint density at radius 3 is 2.35 bits per heavy atom. The van der Waals surface area contributed by atoms with Crippen molar-refractivity contribution in [2.75, 3.05) is 20.8 Å². The summed E-state index contributed by atoms with van der Waals surface area (Å²) < 4.78 is 10.2. The lowest BCUT2D eigenvalue weighted by molar-refractivity contribution is -0.140. The second-order valence-electron chi connectivity index (χ2n) is 4.02. The van der Waals surface area contributed by atoms with Crippen LogP contribution in [0.4, 0.5) is 0 Å². The van der Waals surface area contributed by atoms with Crippen molar-refractivity contribution in [3.63, 3.8) is 0 Å². The van der Waals surface area contributed by atoms with E-state index in [9.17, 15) is 9.90 Å². The average Bonchev–Trinajstić information content (AvgIpc) is 2.29. The SMILES string of the molecule is COCC(C(=O)O)c1cc(C)c(C)cc1OC. The van der Waals surface area contributed by atoms with E-state index in [1.807, 2.05) is 26.0 Å². The van der Waals surface area contributed by atoms with Gasteiger partial charge in [0.1, 0.15) is 11.7 Å². The normalized spacial score (nSPS) is 12.2. The number of benzene rings is 1. The summed E-state index contributed by atoms with van der Waals surface area (Å²) in [4.78, 5) is 11.2. The summed E-state index contributed by atoms with van der Waals surface area (Å²) in [6, 6.07) is 3.71. The van der Waals surface area contributed by atoms with Gasteiger partial charge in [-0.25, -0.2) is 0 Å². The summed E-state index contributed by atoms with van der Waals surface area (Å²) in [5.41, 5.74) is 2.78. The summed E-state index contributed by atoms with van der Waals surface area (Å²) in [6.07, 6.45) is 0. The van der Waals surface area contributed by atoms with Gasteiger partial charge in [0.25, 0.3) is 0 Å². The number of rotatable bonds is 5. The highest BCUT2D eigenvalue weighted by Crippen LogP contribution is 2.30. The number of carboxylic acids is 1. The van der Waals surface area contributed by atoms with E-state index in [2.05, 4.69) is 0 Å². The highest BCUT2D eigenvalue weighted by molar-refractivity contribution is 5.77. The summed E-state index contributed by atoms with van der Waals surface area (Å²) in [6.45, 7) is 4.05. The number of carboxylic acid groups (broad SMARTS) is 1. The minimum Gasteiger partial charge on any atom is -0.496 e. The zero-order chi connectivity index (χ0) is 13.0. The fraction of sp³-hybridized carbons (Fsp3) is 0.462. The summed E-state index contributed by atoms with van der Waals surface area (Å²) >= 11 is 0. The van der Waals surface area contributed by atoms with Crippen LogP contribution >= 0.6 is 0 Å². The van der Waals surface area contributed by atoms with Crippen LogP contribution in [0.25, 0.3) is 0 Å². The second kappa shape index (κ2) is 5.68. The molecule has 4 nitrogen and oxygen atoms in total. The van der Waals surface area contributed by atoms with Gasteiger partial charge in [0, 0.05) is 12.7 Å². The molecule has 1 aromatic carbocycles. The standard InChI is InChI=1S/C13H18O4/c1-8-5-10(11(7-16-3)13(14)15)12(17-4)6-9(8)2/h5-6,11H,7H2,1-4H3,(H,14,15). The molecule has 0 amide bonds. The maximum Gasteiger partial charge on any atom is 0.313 e. The zero-order valence-corrected chi connectivity index (χ0v) is 10.6. The van der Waals surface area contributed by atoms with E-state index in [1.165, 1.54) is 7.11 Å². The van der Waals surface area contributed by atoms with Crippen LogP contribution < -0.4 is 4.74 Å². The van der Waals surface area contributed by atoms with E-state index in [0.717, 1.165) is 11.1 Å². The van der Waals surface area contributed by atoms with Gasteiger partial charge in [-0.1, -0.05) is 6.07 Å². The molecule has 0 saturated carbocycles. The average molecular weight is 238 g/mol. The van der Waals surface area contributed by atoms with Crippen molar-refractivity contribution in [1.29, 1.82) is 0 Å². The lowest BCUT2D eigenvalue weighted by atomic mass is 9.95. The first kappa shape index (κ1) is 13.5. The Balaban J connectivity index is 3.25. The molecule has 1 aromatic rings. The van der Waals surface area contributed by atoms with Crippen molar-refractivity contribution < 1.29 is 19.4 Å². The first-order valence-electron chi connectivity index (χ1n) is 5.38. The number of hydrogen-bond acceptors (Lipinski definition) is 3. The Morgan fingerprint density at radius 1 is 1.29 bits per heavy atom. The number of hydrogen-bond donors (Lipinski definition) is 1. The maximum absolute atomic E-state index is 11.2. The molecule has 0 aliphatic carbocycles. The summed E-state index contributed by atoms with van der Waals surface area (Å²) in [7, 11) is 3.03. The van der Waals surface area contributed by atoms with E-state index in [1.54, 1.807) is 7.11 Å². The Hall–Kier alpha value is -1.55. The molecular formula is C13H18O4. The molecule has 0 aromatic heterocycles. The predicted molar refractivity (Wildman–Crippen MR) is 64.7 cm³/mol. The molecule has 0 radical (unpaired) electrons.